The Hall–Kier alpha value is -4.76. The number of nitrogens with zero attached hydrogens (tertiary/aromatic N) is 1. The van der Waals surface area contributed by atoms with Crippen LogP contribution in [0.5, 0.6) is 0 Å². The largest absolute Gasteiger partial charge is 0.355 e. The zero-order valence-corrected chi connectivity index (χ0v) is 42.7. The van der Waals surface area contributed by atoms with E-state index >= 15 is 0 Å². The Bertz CT molecular complexity index is 3160. The van der Waals surface area contributed by atoms with Gasteiger partial charge in [0.2, 0.25) is 0 Å². The second kappa shape index (κ2) is 14.6. The summed E-state index contributed by atoms with van der Waals surface area (Å²) in [4.78, 5) is 0. The SMILES string of the molecule is CCCCCc1ccc(Nc2ccc3c(c2)C(C)(C)CCC3(C)C)c(-c2c3c4c(c5ccccc25)c2cc5c(cc2n4-c2cc4c(cc2[B]3)C(C)(C)CCC4(C)C)C(C)(C)CCC5(C)C)c1. The first-order chi connectivity index (χ1) is 31.1. The molecule has 4 aliphatic rings. The van der Waals surface area contributed by atoms with Crippen LogP contribution in [-0.4, -0.2) is 11.8 Å². The van der Waals surface area contributed by atoms with Gasteiger partial charge in [-0.3, -0.25) is 0 Å². The van der Waals surface area contributed by atoms with Crippen molar-refractivity contribution in [1.29, 1.82) is 0 Å². The average Bonchev–Trinajstić information content (AvgIpc) is 3.61. The van der Waals surface area contributed by atoms with Crippen LogP contribution in [0.3, 0.4) is 0 Å². The molecule has 7 aromatic rings. The van der Waals surface area contributed by atoms with E-state index in [-0.39, 0.29) is 32.5 Å². The second-order valence-corrected chi connectivity index (χ2v) is 25.4. The van der Waals surface area contributed by atoms with Crippen LogP contribution in [0.1, 0.15) is 187 Å². The average molecular weight is 870 g/mol. The van der Waals surface area contributed by atoms with Crippen LogP contribution in [0.15, 0.2) is 84.9 Å². The molecular weight excluding hydrogens is 796 g/mol. The van der Waals surface area contributed by atoms with E-state index in [4.69, 9.17) is 0 Å². The molecule has 0 amide bonds. The highest BCUT2D eigenvalue weighted by atomic mass is 15.0. The second-order valence-electron chi connectivity index (χ2n) is 25.4. The van der Waals surface area contributed by atoms with Gasteiger partial charge in [0.05, 0.1) is 5.52 Å². The minimum Gasteiger partial charge on any atom is -0.355 e. The number of nitrogens with one attached hydrogen (secondary N) is 1. The lowest BCUT2D eigenvalue weighted by Crippen LogP contribution is -2.41. The molecule has 1 aliphatic heterocycles. The highest BCUT2D eigenvalue weighted by molar-refractivity contribution is 6.74. The monoisotopic (exact) mass is 870 g/mol. The smallest absolute Gasteiger partial charge is 0.197 e. The predicted octanol–water partition coefficient (Wildman–Crippen LogP) is 16.1. The van der Waals surface area contributed by atoms with Gasteiger partial charge in [-0.25, -0.2) is 0 Å². The Kier molecular flexibility index (Phi) is 9.70. The number of rotatable bonds is 7. The molecule has 3 aliphatic carbocycles. The van der Waals surface area contributed by atoms with Crippen molar-refractivity contribution in [2.45, 2.75) is 187 Å². The van der Waals surface area contributed by atoms with Crippen LogP contribution in [0.2, 0.25) is 0 Å². The zero-order chi connectivity index (χ0) is 46.5. The molecule has 2 nitrogen and oxygen atoms in total. The Morgan fingerprint density at radius 2 is 1.09 bits per heavy atom. The molecule has 11 rings (SSSR count). The standard InChI is InChI=1S/C63H74BN2/c1-14-15-16-19-38-22-25-51(65-39-23-24-44-45(33-39)59(4,5)27-26-58(44,2)3)42(32-38)54-40-20-17-18-21-41(40)55-43-34-46-48(62(10,11)30-28-60(46,6)7)36-52(43)66-53-37-49-47(35-50(53)64-56(54)57(55)66)61(8,9)29-31-63(49,12)13/h17-18,20-25,32-37,65H,14-16,19,26-31H2,1-13H3. The molecule has 0 atom stereocenters. The molecule has 1 radical (unpaired) electrons. The summed E-state index contributed by atoms with van der Waals surface area (Å²) in [6.45, 7) is 31.9. The van der Waals surface area contributed by atoms with E-state index < -0.39 is 0 Å². The third-order valence-corrected chi connectivity index (χ3v) is 18.0. The van der Waals surface area contributed by atoms with Crippen molar-refractivity contribution in [2.75, 3.05) is 5.32 Å². The molecule has 3 heteroatoms. The van der Waals surface area contributed by atoms with Crippen molar-refractivity contribution in [3.63, 3.8) is 0 Å². The Morgan fingerprint density at radius 3 is 1.73 bits per heavy atom. The molecule has 1 N–H and O–H groups in total. The van der Waals surface area contributed by atoms with Crippen LogP contribution in [-0.2, 0) is 38.9 Å². The summed E-state index contributed by atoms with van der Waals surface area (Å²) in [5, 5.41) is 9.58. The van der Waals surface area contributed by atoms with E-state index in [9.17, 15) is 0 Å². The van der Waals surface area contributed by atoms with Crippen molar-refractivity contribution in [3.05, 3.63) is 124 Å². The van der Waals surface area contributed by atoms with E-state index in [1.165, 1.54) is 168 Å². The number of benzene rings is 6. The van der Waals surface area contributed by atoms with Gasteiger partial charge in [0.15, 0.2) is 7.28 Å². The summed E-state index contributed by atoms with van der Waals surface area (Å²) in [7, 11) is 2.61. The maximum atomic E-state index is 4.12. The lowest BCUT2D eigenvalue weighted by molar-refractivity contribution is 0.332. The maximum Gasteiger partial charge on any atom is 0.197 e. The molecule has 0 saturated carbocycles. The van der Waals surface area contributed by atoms with Crippen molar-refractivity contribution in [3.8, 4) is 16.8 Å². The van der Waals surface area contributed by atoms with Gasteiger partial charge in [-0.1, -0.05) is 151 Å². The Labute approximate surface area is 397 Å². The Morgan fingerprint density at radius 1 is 0.530 bits per heavy atom. The number of aromatic nitrogens is 1. The molecule has 6 aromatic carbocycles. The molecule has 0 spiro atoms. The van der Waals surface area contributed by atoms with E-state index in [0.717, 1.165) is 6.42 Å². The van der Waals surface area contributed by atoms with Crippen molar-refractivity contribution >= 4 is 62.2 Å². The first-order valence-electron chi connectivity index (χ1n) is 25.8. The quantitative estimate of drug-likeness (QED) is 0.125. The molecule has 0 unspecified atom stereocenters. The number of hydrogen-bond donors (Lipinski definition) is 1. The lowest BCUT2D eigenvalue weighted by Gasteiger charge is -2.43. The first-order valence-corrected chi connectivity index (χ1v) is 25.8. The van der Waals surface area contributed by atoms with Gasteiger partial charge in [0.1, 0.15) is 0 Å². The Balaban J connectivity index is 1.24. The summed E-state index contributed by atoms with van der Waals surface area (Å²) in [5.74, 6) is 0. The molecule has 66 heavy (non-hydrogen) atoms. The van der Waals surface area contributed by atoms with Crippen molar-refractivity contribution in [1.82, 2.24) is 4.57 Å². The minimum atomic E-state index is 0.0950. The fraction of sp³-hybridized carbons (Fsp3) is 0.460. The molecule has 339 valence electrons. The molecule has 1 aromatic heterocycles. The van der Waals surface area contributed by atoms with Crippen molar-refractivity contribution in [2.24, 2.45) is 0 Å². The fourth-order valence-electron chi connectivity index (χ4n) is 13.3. The minimum absolute atomic E-state index is 0.0950. The number of anilines is 2. The highest BCUT2D eigenvalue weighted by Crippen LogP contribution is 2.53. The summed E-state index contributed by atoms with van der Waals surface area (Å²) >= 11 is 0. The van der Waals surface area contributed by atoms with Gasteiger partial charge in [0.25, 0.3) is 0 Å². The number of fused-ring (bicyclic) bond motifs is 10. The van der Waals surface area contributed by atoms with Gasteiger partial charge >= 0.3 is 0 Å². The van der Waals surface area contributed by atoms with Gasteiger partial charge in [-0.2, -0.15) is 0 Å². The molecule has 0 saturated heterocycles. The van der Waals surface area contributed by atoms with Gasteiger partial charge in [0, 0.05) is 38.9 Å². The normalized spacial score (nSPS) is 20.0. The summed E-state index contributed by atoms with van der Waals surface area (Å²) in [5.41, 5.74) is 22.9. The predicted molar refractivity (Wildman–Crippen MR) is 288 cm³/mol. The third kappa shape index (κ3) is 6.62. The first kappa shape index (κ1) is 43.8. The molecular formula is C63H74BN2. The topological polar surface area (TPSA) is 17.0 Å². The van der Waals surface area contributed by atoms with Crippen LogP contribution in [0.25, 0.3) is 49.4 Å². The summed E-state index contributed by atoms with van der Waals surface area (Å²) in [6.07, 6.45) is 12.0. The van der Waals surface area contributed by atoms with Crippen LogP contribution >= 0.6 is 0 Å². The van der Waals surface area contributed by atoms with E-state index in [0.29, 0.717) is 0 Å². The van der Waals surface area contributed by atoms with E-state index in [2.05, 4.69) is 192 Å². The molecule has 0 fully saturated rings. The van der Waals surface area contributed by atoms with Crippen LogP contribution in [0, 0.1) is 0 Å². The van der Waals surface area contributed by atoms with Crippen LogP contribution < -0.4 is 16.2 Å². The molecule has 0 bridgehead atoms. The number of aryl methyl sites for hydroxylation is 1. The van der Waals surface area contributed by atoms with Gasteiger partial charge < -0.3 is 9.88 Å². The van der Waals surface area contributed by atoms with Gasteiger partial charge in [-0.05, 0) is 187 Å². The fourth-order valence-corrected chi connectivity index (χ4v) is 13.3. The molecule has 2 heterocycles. The third-order valence-electron chi connectivity index (χ3n) is 18.0. The zero-order valence-electron chi connectivity index (χ0n) is 42.7. The summed E-state index contributed by atoms with van der Waals surface area (Å²) < 4.78 is 2.74. The number of unbranched alkanes of at least 4 members (excludes halogenated alkanes) is 2. The maximum absolute atomic E-state index is 4.12. The van der Waals surface area contributed by atoms with E-state index in [1.807, 2.05) is 0 Å². The van der Waals surface area contributed by atoms with Crippen LogP contribution in [0.4, 0.5) is 11.4 Å². The number of hydrogen-bond acceptors (Lipinski definition) is 1. The highest BCUT2D eigenvalue weighted by Gasteiger charge is 2.42. The van der Waals surface area contributed by atoms with E-state index in [1.54, 1.807) is 0 Å². The lowest BCUT2D eigenvalue weighted by atomic mass is 9.55. The summed E-state index contributed by atoms with van der Waals surface area (Å²) in [6, 6.07) is 34.6. The van der Waals surface area contributed by atoms with Crippen molar-refractivity contribution < 1.29 is 0 Å². The van der Waals surface area contributed by atoms with Gasteiger partial charge in [-0.15, -0.1) is 0 Å².